The van der Waals surface area contributed by atoms with Gasteiger partial charge in [-0.15, -0.1) is 0 Å². The first-order valence-electron chi connectivity index (χ1n) is 10.6. The molecular weight excluding hydrogens is 462 g/mol. The molecule has 1 saturated heterocycles. The maximum atomic E-state index is 13.1. The molecule has 10 heteroatoms. The standard InChI is InChI=1S/C23H25N3O5S2/c1-3-26-20-10-9-19(16-21(20)32-23(26)28)33(29,30)25-14-12-24(13-15-25)22(27)11-6-17-4-7-18(31-2)8-5-17/h4-11,16H,3,12-15H2,1-2H3/b11-6+. The van der Waals surface area contributed by atoms with Gasteiger partial charge in [-0.05, 0) is 48.9 Å². The Morgan fingerprint density at radius 2 is 1.79 bits per heavy atom. The topological polar surface area (TPSA) is 88.9 Å². The van der Waals surface area contributed by atoms with E-state index in [9.17, 15) is 18.0 Å². The summed E-state index contributed by atoms with van der Waals surface area (Å²) in [5, 5.41) is 0. The van der Waals surface area contributed by atoms with Crippen LogP contribution in [0.1, 0.15) is 12.5 Å². The van der Waals surface area contributed by atoms with E-state index in [1.807, 2.05) is 31.2 Å². The SMILES string of the molecule is CCn1c(=O)sc2cc(S(=O)(=O)N3CCN(C(=O)/C=C/c4ccc(OC)cc4)CC3)ccc21. The molecule has 1 aliphatic heterocycles. The molecule has 174 valence electrons. The molecule has 2 heterocycles. The first kappa shape index (κ1) is 23.2. The number of hydrogen-bond acceptors (Lipinski definition) is 6. The molecule has 8 nitrogen and oxygen atoms in total. The van der Waals surface area contributed by atoms with Crippen LogP contribution in [0.25, 0.3) is 16.3 Å². The van der Waals surface area contributed by atoms with Gasteiger partial charge in [-0.2, -0.15) is 4.31 Å². The van der Waals surface area contributed by atoms with E-state index in [0.717, 1.165) is 28.2 Å². The van der Waals surface area contributed by atoms with Crippen LogP contribution in [0.15, 0.2) is 58.2 Å². The van der Waals surface area contributed by atoms with Gasteiger partial charge in [-0.3, -0.25) is 14.2 Å². The summed E-state index contributed by atoms with van der Waals surface area (Å²) in [7, 11) is -2.12. The maximum absolute atomic E-state index is 13.1. The summed E-state index contributed by atoms with van der Waals surface area (Å²) in [6, 6.07) is 12.2. The minimum Gasteiger partial charge on any atom is -0.497 e. The lowest BCUT2D eigenvalue weighted by Gasteiger charge is -2.33. The second-order valence-electron chi connectivity index (χ2n) is 7.58. The number of aryl methyl sites for hydroxylation is 1. The van der Waals surface area contributed by atoms with Crippen LogP contribution >= 0.6 is 11.3 Å². The third kappa shape index (κ3) is 4.73. The number of hydrogen-bond donors (Lipinski definition) is 0. The molecule has 1 aromatic heterocycles. The van der Waals surface area contributed by atoms with Crippen LogP contribution in [0.2, 0.25) is 0 Å². The Morgan fingerprint density at radius 3 is 2.42 bits per heavy atom. The van der Waals surface area contributed by atoms with Gasteiger partial charge < -0.3 is 9.64 Å². The van der Waals surface area contributed by atoms with E-state index in [2.05, 4.69) is 0 Å². The normalized spacial score (nSPS) is 15.4. The van der Waals surface area contributed by atoms with E-state index in [-0.39, 0.29) is 28.8 Å². The smallest absolute Gasteiger partial charge is 0.308 e. The second kappa shape index (κ2) is 9.50. The van der Waals surface area contributed by atoms with Gasteiger partial charge in [0.1, 0.15) is 5.75 Å². The molecule has 1 aliphatic rings. The fourth-order valence-electron chi connectivity index (χ4n) is 3.79. The number of carbonyl (C=O) groups is 1. The molecule has 1 fully saturated rings. The molecule has 0 unspecified atom stereocenters. The zero-order valence-corrected chi connectivity index (χ0v) is 20.1. The van der Waals surface area contributed by atoms with Gasteiger partial charge in [0.25, 0.3) is 0 Å². The summed E-state index contributed by atoms with van der Waals surface area (Å²) >= 11 is 1.05. The van der Waals surface area contributed by atoms with Crippen molar-refractivity contribution in [1.29, 1.82) is 0 Å². The highest BCUT2D eigenvalue weighted by atomic mass is 32.2. The number of aromatic nitrogens is 1. The molecule has 0 aliphatic carbocycles. The highest BCUT2D eigenvalue weighted by Crippen LogP contribution is 2.25. The van der Waals surface area contributed by atoms with Gasteiger partial charge in [-0.1, -0.05) is 23.5 Å². The van der Waals surface area contributed by atoms with Crippen molar-refractivity contribution in [2.45, 2.75) is 18.4 Å². The number of carbonyl (C=O) groups excluding carboxylic acids is 1. The van der Waals surface area contributed by atoms with Crippen molar-refractivity contribution < 1.29 is 17.9 Å². The number of fused-ring (bicyclic) bond motifs is 1. The number of piperazine rings is 1. The first-order valence-corrected chi connectivity index (χ1v) is 12.8. The number of thiazole rings is 1. The molecule has 0 saturated carbocycles. The van der Waals surface area contributed by atoms with E-state index in [0.29, 0.717) is 24.3 Å². The largest absolute Gasteiger partial charge is 0.497 e. The predicted octanol–water partition coefficient (Wildman–Crippen LogP) is 2.64. The number of methoxy groups -OCH3 is 1. The Balaban J connectivity index is 1.42. The summed E-state index contributed by atoms with van der Waals surface area (Å²) < 4.78 is 35.1. The molecule has 4 rings (SSSR count). The zero-order valence-electron chi connectivity index (χ0n) is 18.4. The monoisotopic (exact) mass is 487 g/mol. The fraction of sp³-hybridized carbons (Fsp3) is 0.304. The number of rotatable bonds is 6. The summed E-state index contributed by atoms with van der Waals surface area (Å²) in [6.07, 6.45) is 3.23. The molecule has 0 bridgehead atoms. The van der Waals surface area contributed by atoms with Gasteiger partial charge in [0.15, 0.2) is 0 Å². The molecular formula is C23H25N3O5S2. The van der Waals surface area contributed by atoms with Crippen LogP contribution in [-0.4, -0.2) is 61.4 Å². The lowest BCUT2D eigenvalue weighted by Crippen LogP contribution is -2.50. The Bertz CT molecular complexity index is 1350. The zero-order chi connectivity index (χ0) is 23.6. The van der Waals surface area contributed by atoms with Gasteiger partial charge in [0.05, 0.1) is 22.2 Å². The second-order valence-corrected chi connectivity index (χ2v) is 10.5. The van der Waals surface area contributed by atoms with Crippen LogP contribution in [0.5, 0.6) is 5.75 Å². The molecule has 0 spiro atoms. The third-order valence-corrected chi connectivity index (χ3v) is 8.51. The van der Waals surface area contributed by atoms with Crippen LogP contribution in [0.4, 0.5) is 0 Å². The molecule has 3 aromatic rings. The van der Waals surface area contributed by atoms with Crippen molar-refractivity contribution >= 4 is 43.6 Å². The van der Waals surface area contributed by atoms with Crippen LogP contribution in [0.3, 0.4) is 0 Å². The molecule has 0 N–H and O–H groups in total. The molecule has 33 heavy (non-hydrogen) atoms. The highest BCUT2D eigenvalue weighted by Gasteiger charge is 2.30. The van der Waals surface area contributed by atoms with Crippen molar-refractivity contribution in [1.82, 2.24) is 13.8 Å². The molecule has 0 atom stereocenters. The van der Waals surface area contributed by atoms with Gasteiger partial charge in [0, 0.05) is 38.8 Å². The number of nitrogens with zero attached hydrogens (tertiary/aromatic N) is 3. The van der Waals surface area contributed by atoms with E-state index in [1.54, 1.807) is 40.9 Å². The Hall–Kier alpha value is -2.95. The minimum absolute atomic E-state index is 0.100. The van der Waals surface area contributed by atoms with Crippen molar-refractivity contribution in [2.75, 3.05) is 33.3 Å². The van der Waals surface area contributed by atoms with E-state index in [1.165, 1.54) is 10.4 Å². The average Bonchev–Trinajstić information content (AvgIpc) is 3.16. The Kier molecular flexibility index (Phi) is 6.68. The van der Waals surface area contributed by atoms with Gasteiger partial charge >= 0.3 is 4.87 Å². The van der Waals surface area contributed by atoms with E-state index in [4.69, 9.17) is 4.74 Å². The summed E-state index contributed by atoms with van der Waals surface area (Å²) in [6.45, 7) is 3.47. The first-order chi connectivity index (χ1) is 15.8. The Morgan fingerprint density at radius 1 is 1.09 bits per heavy atom. The lowest BCUT2D eigenvalue weighted by molar-refractivity contribution is -0.127. The van der Waals surface area contributed by atoms with Crippen molar-refractivity contribution in [3.8, 4) is 5.75 Å². The van der Waals surface area contributed by atoms with Gasteiger partial charge in [0.2, 0.25) is 15.9 Å². The molecule has 1 amide bonds. The highest BCUT2D eigenvalue weighted by molar-refractivity contribution is 7.89. The maximum Gasteiger partial charge on any atom is 0.308 e. The summed E-state index contributed by atoms with van der Waals surface area (Å²) in [4.78, 5) is 26.3. The molecule has 0 radical (unpaired) electrons. The van der Waals surface area contributed by atoms with Crippen LogP contribution < -0.4 is 9.61 Å². The summed E-state index contributed by atoms with van der Waals surface area (Å²) in [5.74, 6) is 0.585. The number of benzene rings is 2. The van der Waals surface area contributed by atoms with Gasteiger partial charge in [-0.25, -0.2) is 8.42 Å². The number of ether oxygens (including phenoxy) is 1. The fourth-order valence-corrected chi connectivity index (χ4v) is 6.31. The van der Waals surface area contributed by atoms with Crippen LogP contribution in [-0.2, 0) is 21.4 Å². The third-order valence-electron chi connectivity index (χ3n) is 5.68. The van der Waals surface area contributed by atoms with E-state index < -0.39 is 10.0 Å². The van der Waals surface area contributed by atoms with Crippen molar-refractivity contribution in [2.24, 2.45) is 0 Å². The summed E-state index contributed by atoms with van der Waals surface area (Å²) in [5.41, 5.74) is 1.62. The predicted molar refractivity (Wildman–Crippen MR) is 129 cm³/mol. The molecule has 2 aromatic carbocycles. The van der Waals surface area contributed by atoms with Crippen molar-refractivity contribution in [3.63, 3.8) is 0 Å². The quantitative estimate of drug-likeness (QED) is 0.499. The van der Waals surface area contributed by atoms with E-state index >= 15 is 0 Å². The average molecular weight is 488 g/mol. The van der Waals surface area contributed by atoms with Crippen molar-refractivity contribution in [3.05, 3.63) is 63.8 Å². The minimum atomic E-state index is -3.71. The van der Waals surface area contributed by atoms with Crippen LogP contribution in [0, 0.1) is 0 Å². The lowest BCUT2D eigenvalue weighted by atomic mass is 10.2. The Labute approximate surface area is 196 Å². The number of amides is 1. The number of sulfonamides is 1.